The lowest BCUT2D eigenvalue weighted by Crippen LogP contribution is -2.55. The molecule has 0 unspecified atom stereocenters. The van der Waals surface area contributed by atoms with Crippen LogP contribution in [0.2, 0.25) is 20.1 Å². The topological polar surface area (TPSA) is 96.3 Å². The number of H-pyrrole nitrogens is 2. The van der Waals surface area contributed by atoms with Crippen LogP contribution in [-0.4, -0.2) is 83.9 Å². The van der Waals surface area contributed by atoms with Gasteiger partial charge in [0.2, 0.25) is 0 Å². The minimum atomic E-state index is -0.553. The number of aromatic nitrogens is 2. The number of rotatable bonds is 2. The fourth-order valence-corrected chi connectivity index (χ4v) is 7.17. The predicted octanol–water partition coefficient (Wildman–Crippen LogP) is 6.10. The molecule has 7 rings (SSSR count). The molecule has 2 aromatic heterocycles. The fraction of sp³-hybridized carbons (Fsp3) is 0.379. The average Bonchev–Trinajstić information content (AvgIpc) is 3.60. The Hall–Kier alpha value is -2.60. The Morgan fingerprint density at radius 1 is 0.698 bits per heavy atom. The van der Waals surface area contributed by atoms with Gasteiger partial charge in [0.25, 0.3) is 11.8 Å². The standard InChI is InChI=1S/C15H14Cl2FN3O.C14H14Cl2FN3O/c16-11-8(18)1-2-9-10(11)12(17)13(20-9)14(22)21-4-3-15(7-21)5-19-6-15;15-11-8(17)2-3-9-10(11)12(16)13(19-9)14(21)20-6-1-4-18-5-7-20/h1-2,19-20H,3-7H2;2-3,18-19H,1,4-7H2. The molecular formula is C29H28Cl4F2N6O2. The molecule has 2 aromatic carbocycles. The molecule has 5 heterocycles. The molecular weight excluding hydrogens is 644 g/mol. The maximum Gasteiger partial charge on any atom is 0.271 e. The van der Waals surface area contributed by atoms with Gasteiger partial charge in [0, 0.05) is 73.0 Å². The minimum absolute atomic E-state index is 0.0566. The van der Waals surface area contributed by atoms with Gasteiger partial charge in [-0.05, 0) is 43.7 Å². The maximum absolute atomic E-state index is 13.6. The van der Waals surface area contributed by atoms with Crippen LogP contribution in [0, 0.1) is 17.0 Å². The van der Waals surface area contributed by atoms with E-state index >= 15 is 0 Å². The molecule has 14 heteroatoms. The summed E-state index contributed by atoms with van der Waals surface area (Å²) in [4.78, 5) is 34.8. The molecule has 3 fully saturated rings. The van der Waals surface area contributed by atoms with Crippen molar-refractivity contribution in [2.75, 3.05) is 52.4 Å². The molecule has 228 valence electrons. The number of hydrogen-bond donors (Lipinski definition) is 4. The number of nitrogens with zero attached hydrogens (tertiary/aromatic N) is 2. The lowest BCUT2D eigenvalue weighted by Gasteiger charge is -2.38. The van der Waals surface area contributed by atoms with Crippen molar-refractivity contribution < 1.29 is 18.4 Å². The lowest BCUT2D eigenvalue weighted by atomic mass is 9.81. The molecule has 4 N–H and O–H groups in total. The van der Waals surface area contributed by atoms with E-state index in [-0.39, 0.29) is 48.7 Å². The van der Waals surface area contributed by atoms with Crippen molar-refractivity contribution in [1.29, 1.82) is 0 Å². The smallest absolute Gasteiger partial charge is 0.271 e. The van der Waals surface area contributed by atoms with E-state index in [1.165, 1.54) is 18.2 Å². The van der Waals surface area contributed by atoms with E-state index in [1.807, 2.05) is 4.90 Å². The van der Waals surface area contributed by atoms with Gasteiger partial charge < -0.3 is 30.4 Å². The molecule has 8 nitrogen and oxygen atoms in total. The number of hydrogen-bond acceptors (Lipinski definition) is 4. The summed E-state index contributed by atoms with van der Waals surface area (Å²) in [6.07, 6.45) is 1.89. The summed E-state index contributed by atoms with van der Waals surface area (Å²) in [5.74, 6) is -1.43. The van der Waals surface area contributed by atoms with E-state index in [9.17, 15) is 18.4 Å². The Morgan fingerprint density at radius 3 is 1.77 bits per heavy atom. The second-order valence-electron chi connectivity index (χ2n) is 11.2. The zero-order valence-electron chi connectivity index (χ0n) is 22.9. The third-order valence-electron chi connectivity index (χ3n) is 8.37. The van der Waals surface area contributed by atoms with Crippen LogP contribution in [0.15, 0.2) is 24.3 Å². The first-order chi connectivity index (χ1) is 20.6. The first-order valence-corrected chi connectivity index (χ1v) is 15.4. The summed E-state index contributed by atoms with van der Waals surface area (Å²) in [6, 6.07) is 5.59. The molecule has 1 spiro atoms. The Bertz CT molecular complexity index is 1730. The van der Waals surface area contributed by atoms with Gasteiger partial charge in [0.15, 0.2) is 0 Å². The summed E-state index contributed by atoms with van der Waals surface area (Å²) in [6.45, 7) is 6.27. The zero-order valence-corrected chi connectivity index (χ0v) is 25.9. The van der Waals surface area contributed by atoms with E-state index in [0.717, 1.165) is 45.6 Å². The monoisotopic (exact) mass is 670 g/mol. The number of carbonyl (C=O) groups is 2. The van der Waals surface area contributed by atoms with Crippen molar-refractivity contribution in [3.63, 3.8) is 0 Å². The van der Waals surface area contributed by atoms with E-state index < -0.39 is 11.6 Å². The number of fused-ring (bicyclic) bond motifs is 2. The predicted molar refractivity (Wildman–Crippen MR) is 166 cm³/mol. The van der Waals surface area contributed by atoms with Crippen molar-refractivity contribution in [2.45, 2.75) is 12.8 Å². The molecule has 0 saturated carbocycles. The van der Waals surface area contributed by atoms with E-state index in [4.69, 9.17) is 46.4 Å². The van der Waals surface area contributed by atoms with Crippen LogP contribution >= 0.6 is 46.4 Å². The summed E-state index contributed by atoms with van der Waals surface area (Å²) in [5, 5.41) is 7.46. The Balaban J connectivity index is 0.000000153. The highest BCUT2D eigenvalue weighted by Gasteiger charge is 2.45. The Kier molecular flexibility index (Phi) is 8.54. The van der Waals surface area contributed by atoms with E-state index in [1.54, 1.807) is 11.0 Å². The number of nitrogens with one attached hydrogen (secondary N) is 4. The van der Waals surface area contributed by atoms with Crippen molar-refractivity contribution in [3.05, 3.63) is 67.4 Å². The van der Waals surface area contributed by atoms with Crippen LogP contribution in [0.25, 0.3) is 21.8 Å². The van der Waals surface area contributed by atoms with Crippen LogP contribution in [0.5, 0.6) is 0 Å². The number of benzene rings is 2. The first-order valence-electron chi connectivity index (χ1n) is 13.9. The molecule has 4 aromatic rings. The molecule has 0 aliphatic carbocycles. The quantitative estimate of drug-likeness (QED) is 0.207. The van der Waals surface area contributed by atoms with E-state index in [2.05, 4.69) is 20.6 Å². The third kappa shape index (κ3) is 5.58. The van der Waals surface area contributed by atoms with Gasteiger partial charge in [-0.25, -0.2) is 8.78 Å². The number of amides is 2. The summed E-state index contributed by atoms with van der Waals surface area (Å²) < 4.78 is 27.1. The van der Waals surface area contributed by atoms with E-state index in [0.29, 0.717) is 41.4 Å². The number of aromatic amines is 2. The van der Waals surface area contributed by atoms with Gasteiger partial charge in [0.05, 0.1) is 20.1 Å². The third-order valence-corrected chi connectivity index (χ3v) is 9.86. The van der Waals surface area contributed by atoms with Gasteiger partial charge in [-0.15, -0.1) is 0 Å². The normalized spacial score (nSPS) is 18.1. The molecule has 3 aliphatic heterocycles. The van der Waals surface area contributed by atoms with Crippen molar-refractivity contribution in [2.24, 2.45) is 5.41 Å². The average molecular weight is 672 g/mol. The molecule has 0 bridgehead atoms. The van der Waals surface area contributed by atoms with Gasteiger partial charge >= 0.3 is 0 Å². The molecule has 0 radical (unpaired) electrons. The Morgan fingerprint density at radius 2 is 1.26 bits per heavy atom. The molecule has 43 heavy (non-hydrogen) atoms. The second-order valence-corrected chi connectivity index (χ2v) is 12.7. The largest absolute Gasteiger partial charge is 0.349 e. The van der Waals surface area contributed by atoms with Crippen LogP contribution < -0.4 is 10.6 Å². The molecule has 3 saturated heterocycles. The van der Waals surface area contributed by atoms with Crippen molar-refractivity contribution >= 4 is 80.0 Å². The first kappa shape index (κ1) is 30.4. The van der Waals surface area contributed by atoms with Crippen LogP contribution in [0.4, 0.5) is 8.78 Å². The SMILES string of the molecule is O=C(c1[nH]c2ccc(F)c(Cl)c2c1Cl)N1CCC2(CNC2)C1.O=C(c1[nH]c2ccc(F)c(Cl)c2c1Cl)N1CCCNCC1. The summed E-state index contributed by atoms with van der Waals surface area (Å²) in [5.41, 5.74) is 1.90. The van der Waals surface area contributed by atoms with Crippen molar-refractivity contribution in [3.8, 4) is 0 Å². The van der Waals surface area contributed by atoms with Crippen LogP contribution in [0.3, 0.4) is 0 Å². The highest BCUT2D eigenvalue weighted by molar-refractivity contribution is 6.45. The Labute approximate surface area is 265 Å². The number of likely N-dealkylation sites (tertiary alicyclic amines) is 1. The number of carbonyl (C=O) groups excluding carboxylic acids is 2. The zero-order chi connectivity index (χ0) is 30.5. The fourth-order valence-electron chi connectivity index (χ4n) is 5.90. The summed E-state index contributed by atoms with van der Waals surface area (Å²) >= 11 is 24.4. The van der Waals surface area contributed by atoms with Crippen molar-refractivity contribution in [1.82, 2.24) is 30.4 Å². The van der Waals surface area contributed by atoms with Gasteiger partial charge in [-0.3, -0.25) is 9.59 Å². The number of halogens is 6. The van der Waals surface area contributed by atoms with Crippen LogP contribution in [0.1, 0.15) is 33.8 Å². The van der Waals surface area contributed by atoms with Gasteiger partial charge in [-0.2, -0.15) is 0 Å². The molecule has 3 aliphatic rings. The molecule has 2 amide bonds. The maximum atomic E-state index is 13.6. The lowest BCUT2D eigenvalue weighted by molar-refractivity contribution is 0.0744. The van der Waals surface area contributed by atoms with Gasteiger partial charge in [-0.1, -0.05) is 46.4 Å². The van der Waals surface area contributed by atoms with Gasteiger partial charge in [0.1, 0.15) is 23.0 Å². The summed E-state index contributed by atoms with van der Waals surface area (Å²) in [7, 11) is 0. The van der Waals surface area contributed by atoms with Crippen LogP contribution in [-0.2, 0) is 0 Å². The second kappa shape index (κ2) is 12.1. The highest BCUT2D eigenvalue weighted by atomic mass is 35.5. The minimum Gasteiger partial charge on any atom is -0.349 e. The highest BCUT2D eigenvalue weighted by Crippen LogP contribution is 2.39. The molecule has 0 atom stereocenters.